The number of rotatable bonds is 5. The van der Waals surface area contributed by atoms with Crippen LogP contribution in [0, 0.1) is 0 Å². The molecule has 0 unspecified atom stereocenters. The summed E-state index contributed by atoms with van der Waals surface area (Å²) >= 11 is 0. The molecule has 9 heteroatoms. The topological polar surface area (TPSA) is 84.1 Å². The van der Waals surface area contributed by atoms with Crippen molar-refractivity contribution in [3.05, 3.63) is 94.8 Å². The quantitative estimate of drug-likeness (QED) is 0.366. The van der Waals surface area contributed by atoms with E-state index < -0.39 is 23.6 Å². The summed E-state index contributed by atoms with van der Waals surface area (Å²) in [4.78, 5) is 31.4. The van der Waals surface area contributed by atoms with Gasteiger partial charge in [0.2, 0.25) is 0 Å². The second-order valence-corrected chi connectivity index (χ2v) is 7.37. The molecule has 0 radical (unpaired) electrons. The maximum Gasteiger partial charge on any atom is 0.416 e. The van der Waals surface area contributed by atoms with E-state index >= 15 is 0 Å². The number of aromatic nitrogens is 2. The maximum atomic E-state index is 12.9. The summed E-state index contributed by atoms with van der Waals surface area (Å²) in [5.41, 5.74) is 1.83. The first-order chi connectivity index (χ1) is 16.2. The molecule has 0 bridgehead atoms. The number of nitrogens with one attached hydrogen (secondary N) is 2. The fourth-order valence-corrected chi connectivity index (χ4v) is 3.30. The van der Waals surface area contributed by atoms with Crippen LogP contribution in [0.2, 0.25) is 0 Å². The number of methoxy groups -OCH3 is 1. The number of halogens is 3. The minimum absolute atomic E-state index is 0.0537. The number of nitrogens with zero attached hydrogens (tertiary/aromatic N) is 1. The number of hydrogen-bond donors (Lipinski definition) is 2. The third kappa shape index (κ3) is 5.15. The zero-order chi connectivity index (χ0) is 24.3. The number of carbonyl (C=O) groups excluding carboxylic acids is 2. The highest BCUT2D eigenvalue weighted by molar-refractivity contribution is 6.04. The van der Waals surface area contributed by atoms with Crippen LogP contribution >= 0.6 is 0 Å². The van der Waals surface area contributed by atoms with E-state index in [2.05, 4.69) is 15.3 Å². The first-order valence-electron chi connectivity index (χ1n) is 10.1. The summed E-state index contributed by atoms with van der Waals surface area (Å²) in [6.45, 7) is 0. The van der Waals surface area contributed by atoms with E-state index in [1.807, 2.05) is 6.07 Å². The Bertz CT molecular complexity index is 1410. The number of carbonyl (C=O) groups is 2. The summed E-state index contributed by atoms with van der Waals surface area (Å²) in [6.07, 6.45) is 0.698. The van der Waals surface area contributed by atoms with Crippen molar-refractivity contribution < 1.29 is 27.5 Å². The van der Waals surface area contributed by atoms with Crippen LogP contribution in [0.15, 0.2) is 66.9 Å². The minimum atomic E-state index is -4.50. The summed E-state index contributed by atoms with van der Waals surface area (Å²) in [5.74, 6) is -1.02. The molecule has 0 fully saturated rings. The summed E-state index contributed by atoms with van der Waals surface area (Å²) in [7, 11) is 1.30. The Kier molecular flexibility index (Phi) is 6.18. The van der Waals surface area contributed by atoms with Gasteiger partial charge in [-0.15, -0.1) is 0 Å². The standard InChI is InChI=1S/C25H18F3N3O3/c1-34-24(33)21-12-18-11-16(14-29-22(18)31-21)9-8-15-4-2-5-17(10-15)23(32)30-20-7-3-6-19(13-20)25(26,27)28/h2-14H,1H3,(H,29,31)(H,30,32). The summed E-state index contributed by atoms with van der Waals surface area (Å²) < 4.78 is 43.4. The Morgan fingerprint density at radius 3 is 2.53 bits per heavy atom. The second kappa shape index (κ2) is 9.22. The number of ether oxygens (including phenoxy) is 1. The van der Waals surface area contributed by atoms with Crippen molar-refractivity contribution in [1.29, 1.82) is 0 Å². The fraction of sp³-hybridized carbons (Fsp3) is 0.0800. The van der Waals surface area contributed by atoms with E-state index in [1.54, 1.807) is 48.7 Å². The molecule has 4 rings (SSSR count). The Morgan fingerprint density at radius 1 is 1.00 bits per heavy atom. The van der Waals surface area contributed by atoms with Crippen LogP contribution in [0.1, 0.15) is 37.5 Å². The molecule has 0 spiro atoms. The number of alkyl halides is 3. The Labute approximate surface area is 192 Å². The van der Waals surface area contributed by atoms with Gasteiger partial charge < -0.3 is 15.0 Å². The van der Waals surface area contributed by atoms with E-state index in [0.29, 0.717) is 22.5 Å². The van der Waals surface area contributed by atoms with E-state index in [-0.39, 0.29) is 5.69 Å². The fourth-order valence-electron chi connectivity index (χ4n) is 3.30. The van der Waals surface area contributed by atoms with Crippen LogP contribution in [0.4, 0.5) is 18.9 Å². The number of H-pyrrole nitrogens is 1. The lowest BCUT2D eigenvalue weighted by molar-refractivity contribution is -0.137. The molecule has 172 valence electrons. The van der Waals surface area contributed by atoms with Gasteiger partial charge in [0, 0.05) is 22.8 Å². The molecule has 1 amide bonds. The van der Waals surface area contributed by atoms with Crippen molar-refractivity contribution in [3.8, 4) is 0 Å². The molecular formula is C25H18F3N3O3. The number of anilines is 1. The van der Waals surface area contributed by atoms with Crippen molar-refractivity contribution in [2.45, 2.75) is 6.18 Å². The van der Waals surface area contributed by atoms with Crippen molar-refractivity contribution >= 4 is 40.7 Å². The molecular weight excluding hydrogens is 447 g/mol. The first kappa shape index (κ1) is 22.8. The molecule has 2 aromatic heterocycles. The molecule has 2 N–H and O–H groups in total. The lowest BCUT2D eigenvalue weighted by Crippen LogP contribution is -2.13. The smallest absolute Gasteiger partial charge is 0.416 e. The Morgan fingerprint density at radius 2 is 1.76 bits per heavy atom. The van der Waals surface area contributed by atoms with E-state index in [0.717, 1.165) is 23.1 Å². The van der Waals surface area contributed by atoms with Crippen molar-refractivity contribution in [2.75, 3.05) is 12.4 Å². The maximum absolute atomic E-state index is 12.9. The zero-order valence-corrected chi connectivity index (χ0v) is 17.8. The number of hydrogen-bond acceptors (Lipinski definition) is 4. The van der Waals surface area contributed by atoms with Gasteiger partial charge in [-0.05, 0) is 53.6 Å². The van der Waals surface area contributed by atoms with Crippen molar-refractivity contribution in [2.24, 2.45) is 0 Å². The number of pyridine rings is 1. The molecule has 0 aliphatic heterocycles. The molecule has 0 saturated heterocycles. The van der Waals surface area contributed by atoms with Crippen LogP contribution in [0.25, 0.3) is 23.2 Å². The van der Waals surface area contributed by atoms with Crippen LogP contribution in [-0.4, -0.2) is 29.0 Å². The van der Waals surface area contributed by atoms with Crippen LogP contribution in [0.3, 0.4) is 0 Å². The molecule has 0 aliphatic rings. The lowest BCUT2D eigenvalue weighted by atomic mass is 10.1. The van der Waals surface area contributed by atoms with Crippen LogP contribution in [-0.2, 0) is 10.9 Å². The van der Waals surface area contributed by atoms with Gasteiger partial charge in [-0.3, -0.25) is 4.79 Å². The number of amides is 1. The molecule has 4 aromatic rings. The number of aromatic amines is 1. The SMILES string of the molecule is COC(=O)c1cc2cc(C=Cc3cccc(C(=O)Nc4cccc(C(F)(F)F)c4)c3)cnc2[nH]1. The predicted molar refractivity (Wildman–Crippen MR) is 122 cm³/mol. The van der Waals surface area contributed by atoms with Gasteiger partial charge in [0.1, 0.15) is 11.3 Å². The number of benzene rings is 2. The molecule has 34 heavy (non-hydrogen) atoms. The average Bonchev–Trinajstić information content (AvgIpc) is 3.25. The highest BCUT2D eigenvalue weighted by Gasteiger charge is 2.30. The largest absolute Gasteiger partial charge is 0.464 e. The Balaban J connectivity index is 1.50. The summed E-state index contributed by atoms with van der Waals surface area (Å²) in [5, 5.41) is 3.23. The normalized spacial score (nSPS) is 11.6. The summed E-state index contributed by atoms with van der Waals surface area (Å²) in [6, 6.07) is 14.6. The highest BCUT2D eigenvalue weighted by Crippen LogP contribution is 2.30. The number of esters is 1. The van der Waals surface area contributed by atoms with Gasteiger partial charge in [-0.1, -0.05) is 30.4 Å². The van der Waals surface area contributed by atoms with Crippen molar-refractivity contribution in [1.82, 2.24) is 9.97 Å². The highest BCUT2D eigenvalue weighted by atomic mass is 19.4. The van der Waals surface area contributed by atoms with Gasteiger partial charge in [-0.2, -0.15) is 13.2 Å². The average molecular weight is 465 g/mol. The van der Waals surface area contributed by atoms with E-state index in [1.165, 1.54) is 19.2 Å². The van der Waals surface area contributed by atoms with Gasteiger partial charge in [0.05, 0.1) is 12.7 Å². The second-order valence-electron chi connectivity index (χ2n) is 7.37. The minimum Gasteiger partial charge on any atom is -0.464 e. The van der Waals surface area contributed by atoms with Gasteiger partial charge in [0.15, 0.2) is 0 Å². The van der Waals surface area contributed by atoms with Crippen LogP contribution < -0.4 is 5.32 Å². The third-order valence-corrected chi connectivity index (χ3v) is 4.96. The molecule has 2 heterocycles. The predicted octanol–water partition coefficient (Wildman–Crippen LogP) is 5.79. The lowest BCUT2D eigenvalue weighted by Gasteiger charge is -2.10. The van der Waals surface area contributed by atoms with Gasteiger partial charge >= 0.3 is 12.1 Å². The molecule has 6 nitrogen and oxygen atoms in total. The van der Waals surface area contributed by atoms with Crippen LogP contribution in [0.5, 0.6) is 0 Å². The Hall–Kier alpha value is -4.40. The van der Waals surface area contributed by atoms with Gasteiger partial charge in [0.25, 0.3) is 5.91 Å². The first-order valence-corrected chi connectivity index (χ1v) is 10.1. The van der Waals surface area contributed by atoms with Crippen molar-refractivity contribution in [3.63, 3.8) is 0 Å². The van der Waals surface area contributed by atoms with Gasteiger partial charge in [-0.25, -0.2) is 9.78 Å². The molecule has 0 saturated carbocycles. The molecule has 2 aromatic carbocycles. The molecule has 0 atom stereocenters. The monoisotopic (exact) mass is 465 g/mol. The van der Waals surface area contributed by atoms with E-state index in [4.69, 9.17) is 4.74 Å². The third-order valence-electron chi connectivity index (χ3n) is 4.96. The number of fused-ring (bicyclic) bond motifs is 1. The molecule has 0 aliphatic carbocycles. The zero-order valence-electron chi connectivity index (χ0n) is 17.8. The van der Waals surface area contributed by atoms with E-state index in [9.17, 15) is 22.8 Å².